The molecule has 0 spiro atoms. The van der Waals surface area contributed by atoms with Crippen molar-refractivity contribution in [2.75, 3.05) is 6.61 Å². The smallest absolute Gasteiger partial charge is 0.381 e. The molecule has 1 aliphatic rings. The molecule has 0 radical (unpaired) electrons. The third kappa shape index (κ3) is 3.51. The van der Waals surface area contributed by atoms with Crippen LogP contribution in [-0.2, 0) is 9.53 Å². The number of esters is 1. The summed E-state index contributed by atoms with van der Waals surface area (Å²) in [4.78, 5) is 11.3. The molecule has 1 aliphatic carbocycles. The highest BCUT2D eigenvalue weighted by Crippen LogP contribution is 2.35. The van der Waals surface area contributed by atoms with Crippen LogP contribution in [-0.4, -0.2) is 18.5 Å². The molecule has 0 bridgehead atoms. The number of ether oxygens (including phenoxy) is 1. The summed E-state index contributed by atoms with van der Waals surface area (Å²) in [5.74, 6) is -5.15. The maximum atomic E-state index is 13.9. The SMILES string of the molecule is CCOC(=O)C(F)(F)C1=CC(C)(C)C=C(Br)C=C1. The highest BCUT2D eigenvalue weighted by atomic mass is 79.9. The van der Waals surface area contributed by atoms with Crippen LogP contribution in [0.1, 0.15) is 20.8 Å². The second kappa shape index (κ2) is 5.34. The molecular weight excluding hydrogens is 306 g/mol. The zero-order valence-corrected chi connectivity index (χ0v) is 12.1. The molecule has 100 valence electrons. The van der Waals surface area contributed by atoms with Gasteiger partial charge in [-0.3, -0.25) is 0 Å². The van der Waals surface area contributed by atoms with Gasteiger partial charge >= 0.3 is 11.9 Å². The Bertz CT molecular complexity index is 434. The van der Waals surface area contributed by atoms with Crippen LogP contribution in [0, 0.1) is 5.41 Å². The summed E-state index contributed by atoms with van der Waals surface area (Å²) in [6.07, 6.45) is 5.88. The zero-order chi connectivity index (χ0) is 14.0. The van der Waals surface area contributed by atoms with Crippen molar-refractivity contribution in [3.63, 3.8) is 0 Å². The Labute approximate surface area is 114 Å². The lowest BCUT2D eigenvalue weighted by Gasteiger charge is -2.20. The fraction of sp³-hybridized carbons (Fsp3) is 0.462. The average Bonchev–Trinajstić information content (AvgIpc) is 2.36. The maximum Gasteiger partial charge on any atom is 0.381 e. The van der Waals surface area contributed by atoms with Gasteiger partial charge in [0, 0.05) is 15.5 Å². The lowest BCUT2D eigenvalue weighted by molar-refractivity contribution is -0.165. The molecule has 0 heterocycles. The van der Waals surface area contributed by atoms with Crippen LogP contribution in [0.5, 0.6) is 0 Å². The van der Waals surface area contributed by atoms with Gasteiger partial charge in [-0.15, -0.1) is 0 Å². The molecule has 0 aromatic rings. The van der Waals surface area contributed by atoms with Crippen LogP contribution in [0.2, 0.25) is 0 Å². The minimum atomic E-state index is -3.63. The molecule has 0 aromatic heterocycles. The van der Waals surface area contributed by atoms with Gasteiger partial charge in [0.2, 0.25) is 0 Å². The zero-order valence-electron chi connectivity index (χ0n) is 10.5. The van der Waals surface area contributed by atoms with E-state index in [0.29, 0.717) is 4.48 Å². The molecule has 1 rings (SSSR count). The Morgan fingerprint density at radius 3 is 2.56 bits per heavy atom. The minimum absolute atomic E-state index is 0.0727. The minimum Gasteiger partial charge on any atom is -0.461 e. The van der Waals surface area contributed by atoms with Gasteiger partial charge in [0.05, 0.1) is 6.61 Å². The van der Waals surface area contributed by atoms with Crippen LogP contribution in [0.15, 0.2) is 34.4 Å². The average molecular weight is 321 g/mol. The number of alkyl halides is 2. The first kappa shape index (κ1) is 15.1. The van der Waals surface area contributed by atoms with Gasteiger partial charge in [0.25, 0.3) is 0 Å². The van der Waals surface area contributed by atoms with Gasteiger partial charge in [-0.25, -0.2) is 4.79 Å². The molecule has 0 atom stereocenters. The Morgan fingerprint density at radius 1 is 1.39 bits per heavy atom. The van der Waals surface area contributed by atoms with Gasteiger partial charge in [0.15, 0.2) is 0 Å². The standard InChI is InChI=1S/C13H15BrF2O2/c1-4-18-11(17)13(15,16)9-5-6-10(14)8-12(2,3)7-9/h5-8H,4H2,1-3H3. The van der Waals surface area contributed by atoms with Crippen molar-refractivity contribution in [1.29, 1.82) is 0 Å². The highest BCUT2D eigenvalue weighted by molar-refractivity contribution is 9.11. The maximum absolute atomic E-state index is 13.9. The van der Waals surface area contributed by atoms with E-state index in [1.165, 1.54) is 25.2 Å². The van der Waals surface area contributed by atoms with E-state index in [9.17, 15) is 13.6 Å². The molecule has 0 unspecified atom stereocenters. The van der Waals surface area contributed by atoms with E-state index >= 15 is 0 Å². The quantitative estimate of drug-likeness (QED) is 0.735. The van der Waals surface area contributed by atoms with Crippen molar-refractivity contribution in [3.8, 4) is 0 Å². The molecule has 2 nitrogen and oxygen atoms in total. The summed E-state index contributed by atoms with van der Waals surface area (Å²) in [5, 5.41) is 0. The van der Waals surface area contributed by atoms with Gasteiger partial charge in [-0.05, 0) is 13.0 Å². The van der Waals surface area contributed by atoms with E-state index in [1.54, 1.807) is 19.9 Å². The molecule has 0 N–H and O–H groups in total. The molecule has 0 amide bonds. The lowest BCUT2D eigenvalue weighted by atomic mass is 9.90. The van der Waals surface area contributed by atoms with E-state index in [0.717, 1.165) is 0 Å². The van der Waals surface area contributed by atoms with Crippen LogP contribution in [0.25, 0.3) is 0 Å². The summed E-state index contributed by atoms with van der Waals surface area (Å²) < 4.78 is 32.9. The number of carbonyl (C=O) groups excluding carboxylic acids is 1. The predicted molar refractivity (Wildman–Crippen MR) is 69.6 cm³/mol. The summed E-state index contributed by atoms with van der Waals surface area (Å²) in [6.45, 7) is 4.98. The fourth-order valence-electron chi connectivity index (χ4n) is 1.60. The van der Waals surface area contributed by atoms with Crippen LogP contribution >= 0.6 is 15.9 Å². The van der Waals surface area contributed by atoms with Gasteiger partial charge in [-0.2, -0.15) is 8.78 Å². The monoisotopic (exact) mass is 320 g/mol. The van der Waals surface area contributed by atoms with E-state index in [4.69, 9.17) is 0 Å². The van der Waals surface area contributed by atoms with Crippen molar-refractivity contribution in [2.24, 2.45) is 5.41 Å². The number of hydrogen-bond donors (Lipinski definition) is 0. The Balaban J connectivity index is 3.13. The Hall–Kier alpha value is -0.970. The Kier molecular flexibility index (Phi) is 4.48. The number of allylic oxidation sites excluding steroid dienone is 5. The first-order chi connectivity index (χ1) is 8.19. The first-order valence-corrected chi connectivity index (χ1v) is 6.33. The molecular formula is C13H15BrF2O2. The van der Waals surface area contributed by atoms with Crippen LogP contribution < -0.4 is 0 Å². The molecule has 5 heteroatoms. The number of carbonyl (C=O) groups is 1. The molecule has 18 heavy (non-hydrogen) atoms. The number of rotatable bonds is 3. The lowest BCUT2D eigenvalue weighted by Crippen LogP contribution is -2.33. The molecule has 0 saturated heterocycles. The summed E-state index contributed by atoms with van der Waals surface area (Å²) in [6, 6.07) is 0. The van der Waals surface area contributed by atoms with Crippen LogP contribution in [0.4, 0.5) is 8.78 Å². The molecule has 0 aliphatic heterocycles. The third-order valence-electron chi connectivity index (χ3n) is 2.35. The molecule has 0 saturated carbocycles. The van der Waals surface area contributed by atoms with Gasteiger partial charge in [0.1, 0.15) is 0 Å². The molecule has 0 aromatic carbocycles. The van der Waals surface area contributed by atoms with Crippen molar-refractivity contribution < 1.29 is 18.3 Å². The second-order valence-corrected chi connectivity index (χ2v) is 5.49. The van der Waals surface area contributed by atoms with E-state index in [1.807, 2.05) is 0 Å². The summed E-state index contributed by atoms with van der Waals surface area (Å²) in [5.41, 5.74) is -0.926. The van der Waals surface area contributed by atoms with Crippen molar-refractivity contribution in [1.82, 2.24) is 0 Å². The number of halogens is 3. The summed E-state index contributed by atoms with van der Waals surface area (Å²) in [7, 11) is 0. The first-order valence-electron chi connectivity index (χ1n) is 5.54. The number of hydrogen-bond acceptors (Lipinski definition) is 2. The summed E-state index contributed by atoms with van der Waals surface area (Å²) >= 11 is 3.26. The van der Waals surface area contributed by atoms with E-state index < -0.39 is 17.3 Å². The predicted octanol–water partition coefficient (Wildman–Crippen LogP) is 3.99. The second-order valence-electron chi connectivity index (χ2n) is 4.58. The van der Waals surface area contributed by atoms with Crippen molar-refractivity contribution in [3.05, 3.63) is 34.4 Å². The van der Waals surface area contributed by atoms with E-state index in [2.05, 4.69) is 20.7 Å². The van der Waals surface area contributed by atoms with Crippen molar-refractivity contribution in [2.45, 2.75) is 26.7 Å². The third-order valence-corrected chi connectivity index (χ3v) is 2.85. The fourth-order valence-corrected chi connectivity index (χ4v) is 2.32. The highest BCUT2D eigenvalue weighted by Gasteiger charge is 2.44. The van der Waals surface area contributed by atoms with Gasteiger partial charge in [-0.1, -0.05) is 48.0 Å². The van der Waals surface area contributed by atoms with Crippen LogP contribution in [0.3, 0.4) is 0 Å². The van der Waals surface area contributed by atoms with Gasteiger partial charge < -0.3 is 4.74 Å². The Morgan fingerprint density at radius 2 is 2.00 bits per heavy atom. The molecule has 0 fully saturated rings. The van der Waals surface area contributed by atoms with Crippen molar-refractivity contribution >= 4 is 21.9 Å². The largest absolute Gasteiger partial charge is 0.461 e. The van der Waals surface area contributed by atoms with E-state index in [-0.39, 0.29) is 12.2 Å². The topological polar surface area (TPSA) is 26.3 Å². The normalized spacial score (nSPS) is 18.8.